The van der Waals surface area contributed by atoms with Crippen LogP contribution in [0.15, 0.2) is 24.3 Å². The summed E-state index contributed by atoms with van der Waals surface area (Å²) in [5, 5.41) is 10.2. The van der Waals surface area contributed by atoms with Gasteiger partial charge >= 0.3 is 5.97 Å². The Morgan fingerprint density at radius 2 is 2.07 bits per heavy atom. The zero-order valence-corrected chi connectivity index (χ0v) is 17.2. The van der Waals surface area contributed by atoms with Crippen LogP contribution in [0.25, 0.3) is 0 Å². The molecule has 1 saturated carbocycles. The molecule has 1 N–H and O–H groups in total. The minimum atomic E-state index is -2.96. The summed E-state index contributed by atoms with van der Waals surface area (Å²) in [4.78, 5) is 23.2. The summed E-state index contributed by atoms with van der Waals surface area (Å²) < 4.78 is 33.2. The van der Waals surface area contributed by atoms with Crippen LogP contribution in [0.5, 0.6) is 0 Å². The largest absolute Gasteiger partial charge is 0.469 e. The molecule has 1 aliphatic rings. The number of carbonyl (C=O) groups excluding carboxylic acids is 2. The van der Waals surface area contributed by atoms with Crippen LogP contribution in [-0.4, -0.2) is 36.0 Å². The average Bonchev–Trinajstić information content (AvgIpc) is 2.93. The van der Waals surface area contributed by atoms with E-state index in [1.807, 2.05) is 19.1 Å². The number of allylic oxidation sites excluding steroid dienone is 4. The molecule has 28 heavy (non-hydrogen) atoms. The van der Waals surface area contributed by atoms with E-state index in [9.17, 15) is 23.5 Å². The Bertz CT molecular complexity index is 557. The number of ether oxygens (including phenoxy) is 1. The first-order chi connectivity index (χ1) is 13.2. The van der Waals surface area contributed by atoms with Gasteiger partial charge in [0.2, 0.25) is 0 Å². The molecular formula is C22H34F2O4. The van der Waals surface area contributed by atoms with Gasteiger partial charge in [-0.15, -0.1) is 0 Å². The van der Waals surface area contributed by atoms with Crippen molar-refractivity contribution in [2.45, 2.75) is 77.2 Å². The van der Waals surface area contributed by atoms with E-state index < -0.39 is 23.9 Å². The number of carbonyl (C=O) groups is 2. The summed E-state index contributed by atoms with van der Waals surface area (Å²) >= 11 is 0. The number of hydrogen-bond donors (Lipinski definition) is 1. The van der Waals surface area contributed by atoms with Gasteiger partial charge in [0.25, 0.3) is 5.92 Å². The minimum absolute atomic E-state index is 0.00676. The van der Waals surface area contributed by atoms with Crippen molar-refractivity contribution in [1.82, 2.24) is 0 Å². The SMILES string of the molecule is CCCCC(C)C(F)(F)/C=C/[C@H]1C(=O)C[C@H](O)[C@@H]1C/C=C\CCCC(=O)OC. The molecule has 0 radical (unpaired) electrons. The smallest absolute Gasteiger partial charge is 0.305 e. The van der Waals surface area contributed by atoms with Gasteiger partial charge in [0.05, 0.1) is 13.2 Å². The van der Waals surface area contributed by atoms with Gasteiger partial charge in [0.1, 0.15) is 5.78 Å². The van der Waals surface area contributed by atoms with E-state index in [-0.39, 0.29) is 24.1 Å². The van der Waals surface area contributed by atoms with Crippen molar-refractivity contribution in [1.29, 1.82) is 0 Å². The Labute approximate surface area is 167 Å². The van der Waals surface area contributed by atoms with Crippen molar-refractivity contribution in [2.75, 3.05) is 7.11 Å². The number of aliphatic hydroxyl groups excluding tert-OH is 1. The predicted octanol–water partition coefficient (Wildman–Crippen LogP) is 4.86. The number of esters is 1. The topological polar surface area (TPSA) is 63.6 Å². The van der Waals surface area contributed by atoms with Crippen molar-refractivity contribution in [3.8, 4) is 0 Å². The quantitative estimate of drug-likeness (QED) is 0.289. The number of unbranched alkanes of at least 4 members (excludes halogenated alkanes) is 2. The van der Waals surface area contributed by atoms with Crippen LogP contribution >= 0.6 is 0 Å². The molecule has 1 aliphatic carbocycles. The molecule has 4 atom stereocenters. The van der Waals surface area contributed by atoms with Gasteiger partial charge in [-0.05, 0) is 31.8 Å². The minimum Gasteiger partial charge on any atom is -0.469 e. The number of methoxy groups -OCH3 is 1. The predicted molar refractivity (Wildman–Crippen MR) is 105 cm³/mol. The fourth-order valence-corrected chi connectivity index (χ4v) is 3.46. The lowest BCUT2D eigenvalue weighted by atomic mass is 9.89. The number of halogens is 2. The van der Waals surface area contributed by atoms with E-state index in [0.717, 1.165) is 18.9 Å². The van der Waals surface area contributed by atoms with Crippen molar-refractivity contribution in [2.24, 2.45) is 17.8 Å². The fourth-order valence-electron chi connectivity index (χ4n) is 3.46. The molecule has 1 fully saturated rings. The number of alkyl halides is 2. The molecule has 6 heteroatoms. The molecule has 1 unspecified atom stereocenters. The molecule has 1 rings (SSSR count). The number of rotatable bonds is 12. The zero-order chi connectivity index (χ0) is 21.2. The van der Waals surface area contributed by atoms with E-state index in [4.69, 9.17) is 0 Å². The Hall–Kier alpha value is -1.56. The monoisotopic (exact) mass is 400 g/mol. The Balaban J connectivity index is 2.63. The van der Waals surface area contributed by atoms with Crippen LogP contribution in [0.2, 0.25) is 0 Å². The molecule has 0 aromatic heterocycles. The first kappa shape index (κ1) is 24.5. The van der Waals surface area contributed by atoms with Crippen LogP contribution in [0.4, 0.5) is 8.78 Å². The van der Waals surface area contributed by atoms with E-state index in [1.165, 1.54) is 20.1 Å². The lowest BCUT2D eigenvalue weighted by Crippen LogP contribution is -2.25. The number of ketones is 1. The second kappa shape index (κ2) is 12.1. The van der Waals surface area contributed by atoms with Gasteiger partial charge in [-0.2, -0.15) is 0 Å². The maximum absolute atomic E-state index is 14.3. The summed E-state index contributed by atoms with van der Waals surface area (Å²) in [5.41, 5.74) is 0. The maximum atomic E-state index is 14.3. The van der Waals surface area contributed by atoms with Crippen molar-refractivity contribution in [3.05, 3.63) is 24.3 Å². The van der Waals surface area contributed by atoms with Crippen LogP contribution in [-0.2, 0) is 14.3 Å². The highest BCUT2D eigenvalue weighted by Gasteiger charge is 2.40. The molecule has 0 aromatic carbocycles. The second-order valence-corrected chi connectivity index (χ2v) is 7.68. The Morgan fingerprint density at radius 1 is 1.36 bits per heavy atom. The van der Waals surface area contributed by atoms with Gasteiger partial charge in [-0.25, -0.2) is 8.78 Å². The molecule has 0 amide bonds. The van der Waals surface area contributed by atoms with Crippen LogP contribution in [0.1, 0.15) is 65.2 Å². The van der Waals surface area contributed by atoms with Crippen LogP contribution < -0.4 is 0 Å². The lowest BCUT2D eigenvalue weighted by molar-refractivity contribution is -0.140. The van der Waals surface area contributed by atoms with E-state index >= 15 is 0 Å². The standard InChI is InChI=1S/C22H34F2O4/c1-4-5-10-16(2)22(23,24)14-13-18-17(19(25)15-20(18)26)11-8-6-7-9-12-21(27)28-3/h6,8,13-14,16-19,25H,4-5,7,9-12,15H2,1-3H3/b8-6-,14-13+/t16?,17-,18-,19+/m1/s1. The van der Waals surface area contributed by atoms with Gasteiger partial charge in [-0.1, -0.05) is 44.9 Å². The molecule has 0 bridgehead atoms. The first-order valence-electron chi connectivity index (χ1n) is 10.2. The van der Waals surface area contributed by atoms with Crippen molar-refractivity contribution in [3.63, 3.8) is 0 Å². The molecular weight excluding hydrogens is 366 g/mol. The Morgan fingerprint density at radius 3 is 2.71 bits per heavy atom. The van der Waals surface area contributed by atoms with E-state index in [2.05, 4.69) is 4.74 Å². The summed E-state index contributed by atoms with van der Waals surface area (Å²) in [6, 6.07) is 0. The third-order valence-corrected chi connectivity index (χ3v) is 5.47. The first-order valence-corrected chi connectivity index (χ1v) is 10.2. The molecule has 0 aromatic rings. The summed E-state index contributed by atoms with van der Waals surface area (Å²) in [6.07, 6.45) is 9.26. The fraction of sp³-hybridized carbons (Fsp3) is 0.727. The molecule has 0 saturated heterocycles. The summed E-state index contributed by atoms with van der Waals surface area (Å²) in [6.45, 7) is 3.49. The molecule has 0 aliphatic heterocycles. The van der Waals surface area contributed by atoms with Crippen molar-refractivity contribution >= 4 is 11.8 Å². The normalized spacial score (nSPS) is 24.4. The summed E-state index contributed by atoms with van der Waals surface area (Å²) in [7, 11) is 1.35. The highest BCUT2D eigenvalue weighted by atomic mass is 19.3. The highest BCUT2D eigenvalue weighted by molar-refractivity contribution is 5.86. The van der Waals surface area contributed by atoms with E-state index in [0.29, 0.717) is 32.1 Å². The van der Waals surface area contributed by atoms with Crippen LogP contribution in [0, 0.1) is 17.8 Å². The third-order valence-electron chi connectivity index (χ3n) is 5.47. The van der Waals surface area contributed by atoms with Crippen LogP contribution in [0.3, 0.4) is 0 Å². The number of Topliss-reactive ketones (excluding diaryl/α,β-unsaturated/α-hetero) is 1. The summed E-state index contributed by atoms with van der Waals surface area (Å²) in [5.74, 6) is -5.26. The average molecular weight is 401 g/mol. The molecule has 0 heterocycles. The van der Waals surface area contributed by atoms with Gasteiger partial charge in [0.15, 0.2) is 0 Å². The van der Waals surface area contributed by atoms with E-state index in [1.54, 1.807) is 0 Å². The number of aliphatic hydroxyl groups is 1. The third kappa shape index (κ3) is 7.82. The molecule has 4 nitrogen and oxygen atoms in total. The van der Waals surface area contributed by atoms with Gasteiger partial charge in [0, 0.05) is 30.6 Å². The zero-order valence-electron chi connectivity index (χ0n) is 17.2. The highest BCUT2D eigenvalue weighted by Crippen LogP contribution is 2.36. The Kier molecular flexibility index (Phi) is 10.6. The van der Waals surface area contributed by atoms with Gasteiger partial charge in [-0.3, -0.25) is 9.59 Å². The maximum Gasteiger partial charge on any atom is 0.305 e. The number of hydrogen-bond acceptors (Lipinski definition) is 4. The molecule has 0 spiro atoms. The lowest BCUT2D eigenvalue weighted by Gasteiger charge is -2.22. The second-order valence-electron chi connectivity index (χ2n) is 7.68. The van der Waals surface area contributed by atoms with Crippen molar-refractivity contribution < 1.29 is 28.2 Å². The molecule has 160 valence electrons. The van der Waals surface area contributed by atoms with Gasteiger partial charge < -0.3 is 9.84 Å².